The number of nitrogens with one attached hydrogen (secondary N) is 1. The van der Waals surface area contributed by atoms with Crippen LogP contribution in [0.3, 0.4) is 0 Å². The van der Waals surface area contributed by atoms with Crippen molar-refractivity contribution in [3.05, 3.63) is 12.4 Å². The molecule has 1 aromatic rings. The fraction of sp³-hybridized carbons (Fsp3) is 0.750. The lowest BCUT2D eigenvalue weighted by atomic mass is 10.2. The van der Waals surface area contributed by atoms with Gasteiger partial charge in [-0.15, -0.1) is 0 Å². The van der Waals surface area contributed by atoms with Crippen molar-refractivity contribution in [3.63, 3.8) is 0 Å². The standard InChI is InChI=1S/C12H23N3O/c1-4-13-8-6-7-11(3)16-12-9-14-15(5-2)10-12/h9-11,13H,4-8H2,1-3H3. The van der Waals surface area contributed by atoms with Gasteiger partial charge in [0.05, 0.1) is 18.5 Å². The molecule has 4 heteroatoms. The van der Waals surface area contributed by atoms with Gasteiger partial charge in [-0.25, -0.2) is 0 Å². The average Bonchev–Trinajstić information content (AvgIpc) is 2.72. The summed E-state index contributed by atoms with van der Waals surface area (Å²) in [5.74, 6) is 0.873. The summed E-state index contributed by atoms with van der Waals surface area (Å²) in [6.45, 7) is 9.29. The summed E-state index contributed by atoms with van der Waals surface area (Å²) in [5.41, 5.74) is 0. The lowest BCUT2D eigenvalue weighted by molar-refractivity contribution is 0.207. The third-order valence-corrected chi connectivity index (χ3v) is 2.49. The van der Waals surface area contributed by atoms with Crippen LogP contribution in [0, 0.1) is 0 Å². The Morgan fingerprint density at radius 1 is 1.50 bits per heavy atom. The van der Waals surface area contributed by atoms with Crippen molar-refractivity contribution >= 4 is 0 Å². The maximum absolute atomic E-state index is 5.77. The first-order valence-electron chi connectivity index (χ1n) is 6.16. The average molecular weight is 225 g/mol. The summed E-state index contributed by atoms with van der Waals surface area (Å²) in [7, 11) is 0. The van der Waals surface area contributed by atoms with Crippen LogP contribution in [0.5, 0.6) is 5.75 Å². The van der Waals surface area contributed by atoms with Gasteiger partial charge in [0.1, 0.15) is 0 Å². The highest BCUT2D eigenvalue weighted by Gasteiger charge is 2.05. The normalized spacial score (nSPS) is 12.7. The van der Waals surface area contributed by atoms with E-state index in [4.69, 9.17) is 4.74 Å². The molecule has 1 aromatic heterocycles. The minimum Gasteiger partial charge on any atom is -0.487 e. The molecule has 0 aliphatic carbocycles. The Morgan fingerprint density at radius 2 is 2.31 bits per heavy atom. The number of nitrogens with zero attached hydrogens (tertiary/aromatic N) is 2. The lowest BCUT2D eigenvalue weighted by Crippen LogP contribution is -2.18. The molecule has 92 valence electrons. The van der Waals surface area contributed by atoms with E-state index >= 15 is 0 Å². The monoisotopic (exact) mass is 225 g/mol. The van der Waals surface area contributed by atoms with Gasteiger partial charge in [0.25, 0.3) is 0 Å². The van der Waals surface area contributed by atoms with Crippen LogP contribution in [0.4, 0.5) is 0 Å². The quantitative estimate of drug-likeness (QED) is 0.688. The number of hydrogen-bond donors (Lipinski definition) is 1. The minimum atomic E-state index is 0.258. The van der Waals surface area contributed by atoms with Gasteiger partial charge in [0.2, 0.25) is 0 Å². The maximum atomic E-state index is 5.77. The molecule has 0 saturated carbocycles. The Morgan fingerprint density at radius 3 is 2.94 bits per heavy atom. The summed E-state index contributed by atoms with van der Waals surface area (Å²) >= 11 is 0. The predicted molar refractivity (Wildman–Crippen MR) is 65.8 cm³/mol. The first-order chi connectivity index (χ1) is 7.76. The highest BCUT2D eigenvalue weighted by Crippen LogP contribution is 2.12. The van der Waals surface area contributed by atoms with Gasteiger partial charge in [-0.2, -0.15) is 5.10 Å². The second-order valence-corrected chi connectivity index (χ2v) is 3.96. The molecule has 0 amide bonds. The molecule has 0 aliphatic heterocycles. The number of hydrogen-bond acceptors (Lipinski definition) is 3. The predicted octanol–water partition coefficient (Wildman–Crippen LogP) is 2.06. The largest absolute Gasteiger partial charge is 0.487 e. The van der Waals surface area contributed by atoms with Crippen molar-refractivity contribution in [1.29, 1.82) is 0 Å². The minimum absolute atomic E-state index is 0.258. The van der Waals surface area contributed by atoms with E-state index in [0.29, 0.717) is 0 Å². The van der Waals surface area contributed by atoms with Crippen LogP contribution in [0.15, 0.2) is 12.4 Å². The van der Waals surface area contributed by atoms with Gasteiger partial charge in [-0.1, -0.05) is 6.92 Å². The molecule has 0 aliphatic rings. The molecule has 16 heavy (non-hydrogen) atoms. The van der Waals surface area contributed by atoms with Crippen molar-refractivity contribution in [1.82, 2.24) is 15.1 Å². The third kappa shape index (κ3) is 4.66. The molecule has 4 nitrogen and oxygen atoms in total. The topological polar surface area (TPSA) is 39.1 Å². The number of aryl methyl sites for hydroxylation is 1. The van der Waals surface area contributed by atoms with Crippen LogP contribution in [0.1, 0.15) is 33.6 Å². The first-order valence-corrected chi connectivity index (χ1v) is 6.16. The van der Waals surface area contributed by atoms with Crippen LogP contribution in [0.25, 0.3) is 0 Å². The number of aromatic nitrogens is 2. The van der Waals surface area contributed by atoms with Crippen molar-refractivity contribution in [2.24, 2.45) is 0 Å². The van der Waals surface area contributed by atoms with Crippen molar-refractivity contribution in [2.75, 3.05) is 13.1 Å². The highest BCUT2D eigenvalue weighted by atomic mass is 16.5. The van der Waals surface area contributed by atoms with Crippen LogP contribution >= 0.6 is 0 Å². The molecular formula is C12H23N3O. The van der Waals surface area contributed by atoms with Gasteiger partial charge < -0.3 is 10.1 Å². The Hall–Kier alpha value is -1.03. The highest BCUT2D eigenvalue weighted by molar-refractivity contribution is 5.11. The van der Waals surface area contributed by atoms with Crippen molar-refractivity contribution in [2.45, 2.75) is 46.3 Å². The summed E-state index contributed by atoms with van der Waals surface area (Å²) < 4.78 is 7.64. The molecule has 1 N–H and O–H groups in total. The van der Waals surface area contributed by atoms with E-state index in [9.17, 15) is 0 Å². The van der Waals surface area contributed by atoms with E-state index in [1.165, 1.54) is 0 Å². The zero-order chi connectivity index (χ0) is 11.8. The SMILES string of the molecule is CCNCCCC(C)Oc1cnn(CC)c1. The summed E-state index contributed by atoms with van der Waals surface area (Å²) in [6, 6.07) is 0. The Balaban J connectivity index is 2.20. The second kappa shape index (κ2) is 7.28. The van der Waals surface area contributed by atoms with Crippen LogP contribution in [-0.4, -0.2) is 29.0 Å². The molecule has 0 fully saturated rings. The molecule has 0 radical (unpaired) electrons. The van der Waals surface area contributed by atoms with Gasteiger partial charge in [-0.05, 0) is 39.8 Å². The fourth-order valence-electron chi connectivity index (χ4n) is 1.56. The first kappa shape index (κ1) is 13.0. The molecule has 0 saturated heterocycles. The van der Waals surface area contributed by atoms with E-state index in [0.717, 1.165) is 38.2 Å². The molecule has 0 aromatic carbocycles. The maximum Gasteiger partial charge on any atom is 0.157 e. The van der Waals surface area contributed by atoms with Crippen LogP contribution < -0.4 is 10.1 Å². The molecular weight excluding hydrogens is 202 g/mol. The van der Waals surface area contributed by atoms with Gasteiger partial charge in [0, 0.05) is 6.54 Å². The van der Waals surface area contributed by atoms with E-state index in [1.54, 1.807) is 6.20 Å². The van der Waals surface area contributed by atoms with Gasteiger partial charge in [-0.3, -0.25) is 4.68 Å². The van der Waals surface area contributed by atoms with E-state index in [2.05, 4.69) is 31.2 Å². The zero-order valence-electron chi connectivity index (χ0n) is 10.6. The van der Waals surface area contributed by atoms with Gasteiger partial charge >= 0.3 is 0 Å². The second-order valence-electron chi connectivity index (χ2n) is 3.96. The summed E-state index contributed by atoms with van der Waals surface area (Å²) in [6.07, 6.45) is 6.21. The molecule has 1 heterocycles. The van der Waals surface area contributed by atoms with E-state index < -0.39 is 0 Å². The van der Waals surface area contributed by atoms with Crippen LogP contribution in [0.2, 0.25) is 0 Å². The molecule has 0 bridgehead atoms. The van der Waals surface area contributed by atoms with E-state index in [1.807, 2.05) is 10.9 Å². The van der Waals surface area contributed by atoms with Crippen LogP contribution in [-0.2, 0) is 6.54 Å². The Bertz CT molecular complexity index is 286. The number of ether oxygens (including phenoxy) is 1. The third-order valence-electron chi connectivity index (χ3n) is 2.49. The summed E-state index contributed by atoms with van der Waals surface area (Å²) in [5, 5.41) is 7.49. The fourth-order valence-corrected chi connectivity index (χ4v) is 1.56. The summed E-state index contributed by atoms with van der Waals surface area (Å²) in [4.78, 5) is 0. The van der Waals surface area contributed by atoms with Crippen molar-refractivity contribution < 1.29 is 4.74 Å². The Kier molecular flexibility index (Phi) is 5.93. The Labute approximate surface area is 98.0 Å². The van der Waals surface area contributed by atoms with Gasteiger partial charge in [0.15, 0.2) is 5.75 Å². The number of rotatable bonds is 8. The molecule has 1 atom stereocenters. The lowest BCUT2D eigenvalue weighted by Gasteiger charge is -2.12. The van der Waals surface area contributed by atoms with Crippen molar-refractivity contribution in [3.8, 4) is 5.75 Å². The van der Waals surface area contributed by atoms with E-state index in [-0.39, 0.29) is 6.10 Å². The molecule has 1 unspecified atom stereocenters. The molecule has 0 spiro atoms. The molecule has 1 rings (SSSR count). The smallest absolute Gasteiger partial charge is 0.157 e. The zero-order valence-corrected chi connectivity index (χ0v) is 10.6.